The van der Waals surface area contributed by atoms with E-state index in [9.17, 15) is 14.3 Å². The van der Waals surface area contributed by atoms with Crippen molar-refractivity contribution in [2.24, 2.45) is 0 Å². The zero-order valence-corrected chi connectivity index (χ0v) is 13.2. The molecule has 1 N–H and O–H groups in total. The zero-order valence-electron chi connectivity index (χ0n) is 13.2. The lowest BCUT2D eigenvalue weighted by Gasteiger charge is -2.35. The fraction of sp³-hybridized carbons (Fsp3) is 0.211. The molecule has 5 heteroatoms. The molecule has 0 saturated carbocycles. The van der Waals surface area contributed by atoms with Crippen LogP contribution in [-0.2, 0) is 4.79 Å². The third-order valence-electron chi connectivity index (χ3n) is 4.07. The molecule has 1 amide bonds. The number of carbonyl (C=O) groups excluding carboxylic acids is 1. The van der Waals surface area contributed by atoms with Crippen LogP contribution in [0.4, 0.5) is 10.1 Å². The van der Waals surface area contributed by atoms with Gasteiger partial charge in [0, 0.05) is 37.9 Å². The summed E-state index contributed by atoms with van der Waals surface area (Å²) in [5.74, 6) is -0.133. The van der Waals surface area contributed by atoms with E-state index < -0.39 is 0 Å². The molecule has 24 heavy (non-hydrogen) atoms. The number of hydrogen-bond acceptors (Lipinski definition) is 3. The van der Waals surface area contributed by atoms with Crippen molar-refractivity contribution in [1.29, 1.82) is 0 Å². The highest BCUT2D eigenvalue weighted by atomic mass is 19.1. The van der Waals surface area contributed by atoms with E-state index in [1.54, 1.807) is 35.2 Å². The van der Waals surface area contributed by atoms with Gasteiger partial charge in [0.25, 0.3) is 0 Å². The first-order valence-corrected chi connectivity index (χ1v) is 7.88. The smallest absolute Gasteiger partial charge is 0.246 e. The molecule has 0 atom stereocenters. The maximum atomic E-state index is 13.1. The molecule has 0 aromatic heterocycles. The number of rotatable bonds is 3. The van der Waals surface area contributed by atoms with Gasteiger partial charge >= 0.3 is 0 Å². The molecule has 124 valence electrons. The van der Waals surface area contributed by atoms with Gasteiger partial charge in [0.2, 0.25) is 5.91 Å². The summed E-state index contributed by atoms with van der Waals surface area (Å²) in [5, 5.41) is 9.34. The number of phenols is 1. The maximum absolute atomic E-state index is 13.1. The fourth-order valence-corrected chi connectivity index (χ4v) is 2.73. The van der Waals surface area contributed by atoms with Crippen molar-refractivity contribution in [3.63, 3.8) is 0 Å². The Labute approximate surface area is 140 Å². The molecule has 0 bridgehead atoms. The number of nitrogens with zero attached hydrogens (tertiary/aromatic N) is 2. The number of aromatic hydroxyl groups is 1. The molecule has 1 aliphatic heterocycles. The van der Waals surface area contributed by atoms with Gasteiger partial charge < -0.3 is 14.9 Å². The molecule has 2 aromatic rings. The lowest BCUT2D eigenvalue weighted by molar-refractivity contribution is -0.126. The largest absolute Gasteiger partial charge is 0.508 e. The summed E-state index contributed by atoms with van der Waals surface area (Å²) in [4.78, 5) is 16.2. The lowest BCUT2D eigenvalue weighted by atomic mass is 10.2. The first kappa shape index (κ1) is 16.1. The molecular weight excluding hydrogens is 307 g/mol. The number of halogens is 1. The van der Waals surface area contributed by atoms with Gasteiger partial charge in [0.1, 0.15) is 11.6 Å². The highest BCUT2D eigenvalue weighted by molar-refractivity contribution is 5.92. The van der Waals surface area contributed by atoms with Crippen molar-refractivity contribution in [3.8, 4) is 5.75 Å². The van der Waals surface area contributed by atoms with Gasteiger partial charge in [-0.3, -0.25) is 4.79 Å². The molecule has 1 fully saturated rings. The van der Waals surface area contributed by atoms with Crippen molar-refractivity contribution < 1.29 is 14.3 Å². The SMILES string of the molecule is O=C(/C=C/c1cccc(F)c1)N1CCN(c2ccc(O)cc2)CC1. The Morgan fingerprint density at radius 2 is 1.75 bits per heavy atom. The van der Waals surface area contributed by atoms with Gasteiger partial charge in [-0.1, -0.05) is 12.1 Å². The Hall–Kier alpha value is -2.82. The van der Waals surface area contributed by atoms with Crippen LogP contribution in [0, 0.1) is 5.82 Å². The minimum absolute atomic E-state index is 0.0652. The van der Waals surface area contributed by atoms with E-state index in [0.29, 0.717) is 18.7 Å². The van der Waals surface area contributed by atoms with Crippen LogP contribution in [0.5, 0.6) is 5.75 Å². The van der Waals surface area contributed by atoms with Gasteiger partial charge in [0.05, 0.1) is 0 Å². The molecule has 2 aromatic carbocycles. The standard InChI is InChI=1S/C19H19FN2O2/c20-16-3-1-2-15(14-16)4-9-19(24)22-12-10-21(11-13-22)17-5-7-18(23)8-6-17/h1-9,14,23H,10-13H2/b9-4+. The van der Waals surface area contributed by atoms with Crippen LogP contribution in [0.3, 0.4) is 0 Å². The summed E-state index contributed by atoms with van der Waals surface area (Å²) >= 11 is 0. The topological polar surface area (TPSA) is 43.8 Å². The Kier molecular flexibility index (Phi) is 4.79. The third kappa shape index (κ3) is 3.93. The number of amides is 1. The van der Waals surface area contributed by atoms with Crippen LogP contribution in [0.25, 0.3) is 6.08 Å². The average Bonchev–Trinajstić information content (AvgIpc) is 2.61. The zero-order chi connectivity index (χ0) is 16.9. The fourth-order valence-electron chi connectivity index (χ4n) is 2.73. The van der Waals surface area contributed by atoms with E-state index in [0.717, 1.165) is 18.8 Å². The van der Waals surface area contributed by atoms with Crippen molar-refractivity contribution >= 4 is 17.7 Å². The molecule has 0 unspecified atom stereocenters. The van der Waals surface area contributed by atoms with Crippen LogP contribution >= 0.6 is 0 Å². The highest BCUT2D eigenvalue weighted by Gasteiger charge is 2.19. The summed E-state index contributed by atoms with van der Waals surface area (Å²) in [6, 6.07) is 13.2. The van der Waals surface area contributed by atoms with E-state index in [2.05, 4.69) is 4.90 Å². The quantitative estimate of drug-likeness (QED) is 0.882. The molecule has 1 heterocycles. The normalized spacial score (nSPS) is 15.0. The van der Waals surface area contributed by atoms with Crippen molar-refractivity contribution in [2.45, 2.75) is 0 Å². The second-order valence-electron chi connectivity index (χ2n) is 5.72. The molecular formula is C19H19FN2O2. The number of anilines is 1. The van der Waals surface area contributed by atoms with E-state index in [1.165, 1.54) is 18.2 Å². The molecule has 0 radical (unpaired) electrons. The molecule has 4 nitrogen and oxygen atoms in total. The van der Waals surface area contributed by atoms with E-state index in [-0.39, 0.29) is 17.5 Å². The van der Waals surface area contributed by atoms with Crippen molar-refractivity contribution in [2.75, 3.05) is 31.1 Å². The third-order valence-corrected chi connectivity index (χ3v) is 4.07. The predicted molar refractivity (Wildman–Crippen MR) is 92.3 cm³/mol. The van der Waals surface area contributed by atoms with Gasteiger partial charge in [0.15, 0.2) is 0 Å². The van der Waals surface area contributed by atoms with Crippen LogP contribution < -0.4 is 4.90 Å². The number of phenolic OH excluding ortho intramolecular Hbond substituents is 1. The van der Waals surface area contributed by atoms with E-state index in [4.69, 9.17) is 0 Å². The molecule has 0 aliphatic carbocycles. The number of piperazine rings is 1. The maximum Gasteiger partial charge on any atom is 0.246 e. The molecule has 3 rings (SSSR count). The summed E-state index contributed by atoms with van der Waals surface area (Å²) in [6.07, 6.45) is 3.13. The minimum atomic E-state index is -0.313. The highest BCUT2D eigenvalue weighted by Crippen LogP contribution is 2.20. The minimum Gasteiger partial charge on any atom is -0.508 e. The molecule has 0 spiro atoms. The monoisotopic (exact) mass is 326 g/mol. The number of hydrogen-bond donors (Lipinski definition) is 1. The molecule has 1 saturated heterocycles. The van der Waals surface area contributed by atoms with Crippen LogP contribution in [0.15, 0.2) is 54.6 Å². The molecule has 1 aliphatic rings. The van der Waals surface area contributed by atoms with Gasteiger partial charge in [-0.2, -0.15) is 0 Å². The van der Waals surface area contributed by atoms with Crippen LogP contribution in [0.2, 0.25) is 0 Å². The second-order valence-corrected chi connectivity index (χ2v) is 5.72. The predicted octanol–water partition coefficient (Wildman–Crippen LogP) is 2.89. The average molecular weight is 326 g/mol. The van der Waals surface area contributed by atoms with Gasteiger partial charge in [-0.25, -0.2) is 4.39 Å². The summed E-state index contributed by atoms with van der Waals surface area (Å²) in [5.41, 5.74) is 1.71. The Morgan fingerprint density at radius 1 is 1.04 bits per heavy atom. The summed E-state index contributed by atoms with van der Waals surface area (Å²) in [7, 11) is 0. The van der Waals surface area contributed by atoms with Crippen LogP contribution in [-0.4, -0.2) is 42.1 Å². The van der Waals surface area contributed by atoms with Gasteiger partial charge in [-0.15, -0.1) is 0 Å². The van der Waals surface area contributed by atoms with Gasteiger partial charge in [-0.05, 0) is 48.0 Å². The summed E-state index contributed by atoms with van der Waals surface area (Å²) in [6.45, 7) is 2.75. The first-order chi connectivity index (χ1) is 11.6. The Balaban J connectivity index is 1.56. The van der Waals surface area contributed by atoms with Crippen molar-refractivity contribution in [1.82, 2.24) is 4.90 Å². The number of benzene rings is 2. The Bertz CT molecular complexity index is 735. The second kappa shape index (κ2) is 7.17. The van der Waals surface area contributed by atoms with Crippen LogP contribution in [0.1, 0.15) is 5.56 Å². The number of carbonyl (C=O) groups is 1. The lowest BCUT2D eigenvalue weighted by Crippen LogP contribution is -2.48. The summed E-state index contributed by atoms with van der Waals surface area (Å²) < 4.78 is 13.1. The van der Waals surface area contributed by atoms with E-state index in [1.807, 2.05) is 12.1 Å². The van der Waals surface area contributed by atoms with Crippen molar-refractivity contribution in [3.05, 3.63) is 66.0 Å². The Morgan fingerprint density at radius 3 is 2.42 bits per heavy atom. The first-order valence-electron chi connectivity index (χ1n) is 7.88. The van der Waals surface area contributed by atoms with E-state index >= 15 is 0 Å².